The van der Waals surface area contributed by atoms with Gasteiger partial charge >= 0.3 is 0 Å². The second-order valence-corrected chi connectivity index (χ2v) is 7.59. The number of nitrogens with one attached hydrogen (secondary N) is 1. The van der Waals surface area contributed by atoms with Gasteiger partial charge in [-0.3, -0.25) is 9.69 Å². The minimum atomic E-state index is 0.151. The van der Waals surface area contributed by atoms with E-state index in [2.05, 4.69) is 24.1 Å². The summed E-state index contributed by atoms with van der Waals surface area (Å²) in [5.41, 5.74) is 0. The highest BCUT2D eigenvalue weighted by Crippen LogP contribution is 2.43. The van der Waals surface area contributed by atoms with Crippen LogP contribution in [0.2, 0.25) is 0 Å². The van der Waals surface area contributed by atoms with E-state index in [1.807, 2.05) is 0 Å². The smallest absolute Gasteiger partial charge is 0.237 e. The first kappa shape index (κ1) is 15.3. The van der Waals surface area contributed by atoms with Crippen LogP contribution >= 0.6 is 0 Å². The molecule has 5 unspecified atom stereocenters. The van der Waals surface area contributed by atoms with Gasteiger partial charge in [0.1, 0.15) is 0 Å². The van der Waals surface area contributed by atoms with Crippen LogP contribution in [0.25, 0.3) is 0 Å². The number of likely N-dealkylation sites (tertiary alicyclic amines) is 1. The van der Waals surface area contributed by atoms with E-state index in [0.717, 1.165) is 37.3 Å². The molecule has 1 saturated heterocycles. The largest absolute Gasteiger partial charge is 0.352 e. The maximum absolute atomic E-state index is 12.6. The summed E-state index contributed by atoms with van der Waals surface area (Å²) in [6.45, 7) is 6.61. The highest BCUT2D eigenvalue weighted by molar-refractivity contribution is 5.82. The third kappa shape index (κ3) is 3.28. The van der Waals surface area contributed by atoms with Crippen LogP contribution in [0, 0.1) is 17.8 Å². The van der Waals surface area contributed by atoms with E-state index in [0.29, 0.717) is 11.9 Å². The molecular weight excluding hydrogens is 260 g/mol. The van der Waals surface area contributed by atoms with Crippen molar-refractivity contribution in [3.63, 3.8) is 0 Å². The van der Waals surface area contributed by atoms with E-state index >= 15 is 0 Å². The predicted octanol–water partition coefficient (Wildman–Crippen LogP) is 3.19. The molecule has 0 aromatic rings. The lowest BCUT2D eigenvalue weighted by Crippen LogP contribution is -2.51. The number of rotatable bonds is 4. The maximum atomic E-state index is 12.6. The quantitative estimate of drug-likeness (QED) is 0.863. The number of nitrogens with zero attached hydrogens (tertiary/aromatic N) is 1. The molecule has 21 heavy (non-hydrogen) atoms. The Morgan fingerprint density at radius 2 is 2.00 bits per heavy atom. The molecule has 120 valence electrons. The van der Waals surface area contributed by atoms with Crippen molar-refractivity contribution in [2.45, 2.75) is 77.3 Å². The van der Waals surface area contributed by atoms with Gasteiger partial charge < -0.3 is 5.32 Å². The standard InChI is InChI=1S/C18H32N2O/c1-3-13-10-14-7-8-16(15(11-13)12-14)19-18(21)17-6-5-9-20(17)4-2/h13-17H,3-12H2,1-2H3,(H,19,21). The lowest BCUT2D eigenvalue weighted by molar-refractivity contribution is -0.127. The molecule has 3 fully saturated rings. The summed E-state index contributed by atoms with van der Waals surface area (Å²) in [6, 6.07) is 0.612. The van der Waals surface area contributed by atoms with Crippen LogP contribution in [-0.2, 0) is 4.79 Å². The zero-order chi connectivity index (χ0) is 14.8. The van der Waals surface area contributed by atoms with Crippen LogP contribution in [0.15, 0.2) is 0 Å². The Balaban J connectivity index is 1.58. The summed E-state index contributed by atoms with van der Waals surface area (Å²) in [5.74, 6) is 2.92. The highest BCUT2D eigenvalue weighted by Gasteiger charge is 2.39. The number of hydrogen-bond acceptors (Lipinski definition) is 2. The molecule has 0 aromatic carbocycles. The zero-order valence-corrected chi connectivity index (χ0v) is 13.8. The first-order valence-electron chi connectivity index (χ1n) is 9.25. The van der Waals surface area contributed by atoms with Gasteiger partial charge in [0, 0.05) is 6.04 Å². The first-order valence-corrected chi connectivity index (χ1v) is 9.25. The van der Waals surface area contributed by atoms with Gasteiger partial charge in [-0.1, -0.05) is 20.3 Å². The number of carbonyl (C=O) groups excluding carboxylic acids is 1. The molecule has 1 heterocycles. The topological polar surface area (TPSA) is 32.3 Å². The Labute approximate surface area is 129 Å². The molecule has 5 atom stereocenters. The van der Waals surface area contributed by atoms with Crippen molar-refractivity contribution in [1.82, 2.24) is 10.2 Å². The Morgan fingerprint density at radius 3 is 2.76 bits per heavy atom. The molecule has 2 aliphatic carbocycles. The fraction of sp³-hybridized carbons (Fsp3) is 0.944. The van der Waals surface area contributed by atoms with E-state index in [4.69, 9.17) is 0 Å². The van der Waals surface area contributed by atoms with Crippen LogP contribution in [0.3, 0.4) is 0 Å². The van der Waals surface area contributed by atoms with Crippen molar-refractivity contribution in [2.24, 2.45) is 17.8 Å². The van der Waals surface area contributed by atoms with Crippen molar-refractivity contribution in [3.8, 4) is 0 Å². The van der Waals surface area contributed by atoms with Crippen molar-refractivity contribution < 1.29 is 4.79 Å². The van der Waals surface area contributed by atoms with Gasteiger partial charge in [-0.25, -0.2) is 0 Å². The van der Waals surface area contributed by atoms with Gasteiger partial charge in [-0.15, -0.1) is 0 Å². The molecule has 3 rings (SSSR count). The Kier molecular flexibility index (Phi) is 4.88. The molecule has 1 amide bonds. The second-order valence-electron chi connectivity index (χ2n) is 7.59. The minimum absolute atomic E-state index is 0.151. The predicted molar refractivity (Wildman–Crippen MR) is 86.0 cm³/mol. The fourth-order valence-corrected chi connectivity index (χ4v) is 5.14. The van der Waals surface area contributed by atoms with Crippen molar-refractivity contribution in [1.29, 1.82) is 0 Å². The van der Waals surface area contributed by atoms with Crippen molar-refractivity contribution >= 4 is 5.91 Å². The summed E-state index contributed by atoms with van der Waals surface area (Å²) in [4.78, 5) is 15.0. The van der Waals surface area contributed by atoms with Crippen LogP contribution in [0.5, 0.6) is 0 Å². The van der Waals surface area contributed by atoms with Crippen LogP contribution in [0.4, 0.5) is 0 Å². The summed E-state index contributed by atoms with van der Waals surface area (Å²) in [5, 5.41) is 3.44. The Morgan fingerprint density at radius 1 is 1.14 bits per heavy atom. The van der Waals surface area contributed by atoms with Crippen LogP contribution in [0.1, 0.15) is 65.2 Å². The molecule has 1 aliphatic heterocycles. The number of fused-ring (bicyclic) bond motifs is 2. The van der Waals surface area contributed by atoms with Gasteiger partial charge in [-0.2, -0.15) is 0 Å². The molecule has 3 heteroatoms. The molecule has 0 aromatic heterocycles. The average Bonchev–Trinajstić information content (AvgIpc) is 2.98. The lowest BCUT2D eigenvalue weighted by atomic mass is 9.65. The SMILES string of the molecule is CCC1CC2CCC(NC(=O)C3CCCN3CC)C(C1)C2. The summed E-state index contributed by atoms with van der Waals surface area (Å²) in [7, 11) is 0. The minimum Gasteiger partial charge on any atom is -0.352 e. The molecule has 0 radical (unpaired) electrons. The number of carbonyl (C=O) groups is 1. The van der Waals surface area contributed by atoms with E-state index in [9.17, 15) is 4.79 Å². The van der Waals surface area contributed by atoms with E-state index < -0.39 is 0 Å². The number of amides is 1. The normalized spacial score (nSPS) is 40.2. The summed E-state index contributed by atoms with van der Waals surface area (Å²) < 4.78 is 0. The summed E-state index contributed by atoms with van der Waals surface area (Å²) >= 11 is 0. The maximum Gasteiger partial charge on any atom is 0.237 e. The molecule has 0 spiro atoms. The van der Waals surface area contributed by atoms with E-state index in [-0.39, 0.29) is 6.04 Å². The average molecular weight is 292 g/mol. The van der Waals surface area contributed by atoms with E-state index in [1.54, 1.807) is 0 Å². The molecule has 3 aliphatic rings. The molecule has 2 saturated carbocycles. The molecule has 3 nitrogen and oxygen atoms in total. The second kappa shape index (κ2) is 6.68. The van der Waals surface area contributed by atoms with Gasteiger partial charge in [0.25, 0.3) is 0 Å². The molecule has 1 N–H and O–H groups in total. The highest BCUT2D eigenvalue weighted by atomic mass is 16.2. The number of hydrogen-bond donors (Lipinski definition) is 1. The number of likely N-dealkylation sites (N-methyl/N-ethyl adjacent to an activating group) is 1. The Bertz CT molecular complexity index is 370. The van der Waals surface area contributed by atoms with Crippen molar-refractivity contribution in [3.05, 3.63) is 0 Å². The van der Waals surface area contributed by atoms with Gasteiger partial charge in [0.15, 0.2) is 0 Å². The van der Waals surface area contributed by atoms with Gasteiger partial charge in [-0.05, 0) is 75.8 Å². The first-order chi connectivity index (χ1) is 10.2. The Hall–Kier alpha value is -0.570. The van der Waals surface area contributed by atoms with Crippen LogP contribution < -0.4 is 5.32 Å². The molecular formula is C18H32N2O. The third-order valence-corrected chi connectivity index (χ3v) is 6.37. The fourth-order valence-electron chi connectivity index (χ4n) is 5.14. The lowest BCUT2D eigenvalue weighted by Gasteiger charge is -2.44. The third-order valence-electron chi connectivity index (χ3n) is 6.37. The van der Waals surface area contributed by atoms with Crippen molar-refractivity contribution in [2.75, 3.05) is 13.1 Å². The van der Waals surface area contributed by atoms with Gasteiger partial charge in [0.2, 0.25) is 5.91 Å². The molecule has 2 bridgehead atoms. The zero-order valence-electron chi connectivity index (χ0n) is 13.8. The van der Waals surface area contributed by atoms with Crippen LogP contribution in [-0.4, -0.2) is 36.0 Å². The van der Waals surface area contributed by atoms with Gasteiger partial charge in [0.05, 0.1) is 6.04 Å². The summed E-state index contributed by atoms with van der Waals surface area (Å²) in [6.07, 6.45) is 10.3. The van der Waals surface area contributed by atoms with E-state index in [1.165, 1.54) is 44.9 Å². The monoisotopic (exact) mass is 292 g/mol.